The highest BCUT2D eigenvalue weighted by Crippen LogP contribution is 2.31. The molecule has 0 bridgehead atoms. The third-order valence-electron chi connectivity index (χ3n) is 4.28. The van der Waals surface area contributed by atoms with Crippen molar-refractivity contribution in [2.45, 2.75) is 45.2 Å². The number of nitrogens with zero attached hydrogens (tertiary/aromatic N) is 2. The number of aromatic nitrogens is 2. The summed E-state index contributed by atoms with van der Waals surface area (Å²) < 4.78 is 6.99. The van der Waals surface area contributed by atoms with E-state index in [0.717, 1.165) is 57.4 Å². The maximum absolute atomic E-state index is 13.4. The van der Waals surface area contributed by atoms with Gasteiger partial charge in [0, 0.05) is 10.6 Å². The number of benzene rings is 1. The minimum atomic E-state index is 0.0230. The molecule has 138 valence electrons. The first-order valence-corrected chi connectivity index (χ1v) is 10.7. The Morgan fingerprint density at radius 1 is 1.19 bits per heavy atom. The van der Waals surface area contributed by atoms with Crippen LogP contribution in [0.1, 0.15) is 37.1 Å². The predicted octanol–water partition coefficient (Wildman–Crippen LogP) is 5.22. The van der Waals surface area contributed by atoms with Gasteiger partial charge in [0.15, 0.2) is 5.16 Å². The third-order valence-corrected chi connectivity index (χ3v) is 6.67. The molecule has 2 aromatic heterocycles. The van der Waals surface area contributed by atoms with Gasteiger partial charge in [-0.2, -0.15) is 0 Å². The van der Waals surface area contributed by atoms with Gasteiger partial charge >= 0.3 is 0 Å². The molecule has 0 atom stereocenters. The first kappa shape index (κ1) is 19.0. The number of thiophene rings is 1. The Morgan fingerprint density at radius 2 is 1.92 bits per heavy atom. The summed E-state index contributed by atoms with van der Waals surface area (Å²) >= 11 is 3.30. The summed E-state index contributed by atoms with van der Waals surface area (Å²) in [6.45, 7) is 6.34. The van der Waals surface area contributed by atoms with Crippen molar-refractivity contribution in [3.8, 4) is 11.4 Å². The van der Waals surface area contributed by atoms with E-state index >= 15 is 0 Å². The number of ether oxygens (including phenoxy) is 1. The van der Waals surface area contributed by atoms with Crippen LogP contribution in [0.2, 0.25) is 0 Å². The average molecular weight is 389 g/mol. The van der Waals surface area contributed by atoms with E-state index in [-0.39, 0.29) is 5.56 Å². The van der Waals surface area contributed by atoms with Crippen LogP contribution in [0.25, 0.3) is 15.9 Å². The molecule has 0 spiro atoms. The van der Waals surface area contributed by atoms with Crippen molar-refractivity contribution in [1.29, 1.82) is 0 Å². The van der Waals surface area contributed by atoms with Crippen molar-refractivity contribution in [3.05, 3.63) is 45.1 Å². The molecule has 26 heavy (non-hydrogen) atoms. The van der Waals surface area contributed by atoms with E-state index in [9.17, 15) is 4.79 Å². The molecule has 0 radical (unpaired) electrons. The van der Waals surface area contributed by atoms with E-state index < -0.39 is 0 Å². The van der Waals surface area contributed by atoms with Crippen LogP contribution < -0.4 is 10.3 Å². The third kappa shape index (κ3) is 3.53. The Kier molecular flexibility index (Phi) is 6.04. The fraction of sp³-hybridized carbons (Fsp3) is 0.400. The first-order chi connectivity index (χ1) is 12.6. The fourth-order valence-electron chi connectivity index (χ4n) is 2.92. The number of aryl methyl sites for hydroxylation is 2. The van der Waals surface area contributed by atoms with Gasteiger partial charge in [0.25, 0.3) is 5.56 Å². The molecule has 0 aliphatic rings. The van der Waals surface area contributed by atoms with E-state index in [1.54, 1.807) is 34.8 Å². The molecule has 4 nitrogen and oxygen atoms in total. The van der Waals surface area contributed by atoms with E-state index in [1.165, 1.54) is 4.88 Å². The minimum Gasteiger partial charge on any atom is -0.497 e. The van der Waals surface area contributed by atoms with Gasteiger partial charge in [-0.25, -0.2) is 4.98 Å². The Morgan fingerprint density at radius 3 is 2.54 bits per heavy atom. The number of rotatable bonds is 7. The quantitative estimate of drug-likeness (QED) is 0.411. The van der Waals surface area contributed by atoms with E-state index in [2.05, 4.69) is 13.8 Å². The van der Waals surface area contributed by atoms with Crippen molar-refractivity contribution in [3.63, 3.8) is 0 Å². The van der Waals surface area contributed by atoms with Gasteiger partial charge in [-0.3, -0.25) is 9.36 Å². The second-order valence-corrected chi connectivity index (χ2v) is 8.31. The van der Waals surface area contributed by atoms with Gasteiger partial charge in [-0.1, -0.05) is 32.0 Å². The highest BCUT2D eigenvalue weighted by molar-refractivity contribution is 7.99. The largest absolute Gasteiger partial charge is 0.497 e. The van der Waals surface area contributed by atoms with Crippen molar-refractivity contribution >= 4 is 33.3 Å². The number of hydrogen-bond acceptors (Lipinski definition) is 5. The normalized spacial score (nSPS) is 11.2. The Hall–Kier alpha value is -1.79. The van der Waals surface area contributed by atoms with Crippen molar-refractivity contribution in [2.75, 3.05) is 12.9 Å². The monoisotopic (exact) mass is 388 g/mol. The molecule has 0 fully saturated rings. The molecule has 0 N–H and O–H groups in total. The number of hydrogen-bond donors (Lipinski definition) is 0. The van der Waals surface area contributed by atoms with Crippen LogP contribution in [0.15, 0.2) is 34.2 Å². The van der Waals surface area contributed by atoms with Crippen molar-refractivity contribution in [2.24, 2.45) is 0 Å². The predicted molar refractivity (Wildman–Crippen MR) is 112 cm³/mol. The van der Waals surface area contributed by atoms with Crippen LogP contribution >= 0.6 is 23.1 Å². The summed E-state index contributed by atoms with van der Waals surface area (Å²) in [5.74, 6) is 1.70. The topological polar surface area (TPSA) is 44.1 Å². The first-order valence-electron chi connectivity index (χ1n) is 8.92. The SMILES string of the molecule is CCCSc1nc2sc(CCC)c(C)c2c(=O)n1-c1ccc(OC)cc1. The van der Waals surface area contributed by atoms with Crippen LogP contribution in [0.5, 0.6) is 5.75 Å². The second-order valence-electron chi connectivity index (χ2n) is 6.16. The fourth-order valence-corrected chi connectivity index (χ4v) is 5.11. The van der Waals surface area contributed by atoms with Crippen LogP contribution in [0.3, 0.4) is 0 Å². The molecule has 6 heteroatoms. The minimum absolute atomic E-state index is 0.0230. The summed E-state index contributed by atoms with van der Waals surface area (Å²) in [4.78, 5) is 20.4. The summed E-state index contributed by atoms with van der Waals surface area (Å²) in [5.41, 5.74) is 1.93. The summed E-state index contributed by atoms with van der Waals surface area (Å²) in [6.07, 6.45) is 3.09. The molecule has 1 aromatic carbocycles. The molecule has 2 heterocycles. The van der Waals surface area contributed by atoms with E-state index in [1.807, 2.05) is 31.2 Å². The Labute approximate surface area is 162 Å². The van der Waals surface area contributed by atoms with Gasteiger partial charge in [0.2, 0.25) is 0 Å². The van der Waals surface area contributed by atoms with Gasteiger partial charge < -0.3 is 4.74 Å². The van der Waals surface area contributed by atoms with Crippen LogP contribution in [-0.2, 0) is 6.42 Å². The zero-order valence-corrected chi connectivity index (χ0v) is 17.3. The number of fused-ring (bicyclic) bond motifs is 1. The average Bonchev–Trinajstić information content (AvgIpc) is 2.96. The molecule has 0 amide bonds. The van der Waals surface area contributed by atoms with Gasteiger partial charge in [0.05, 0.1) is 18.2 Å². The van der Waals surface area contributed by atoms with Crippen LogP contribution in [0.4, 0.5) is 0 Å². The summed E-state index contributed by atoms with van der Waals surface area (Å²) in [5, 5.41) is 1.52. The van der Waals surface area contributed by atoms with Gasteiger partial charge in [-0.15, -0.1) is 11.3 Å². The Balaban J connectivity index is 2.24. The molecule has 3 aromatic rings. The standard InChI is InChI=1S/C20H24N2O2S2/c1-5-7-16-13(3)17-18(26-16)21-20(25-12-6-2)22(19(17)23)14-8-10-15(24-4)11-9-14/h8-11H,5-7,12H2,1-4H3. The highest BCUT2D eigenvalue weighted by Gasteiger charge is 2.18. The maximum Gasteiger partial charge on any atom is 0.267 e. The molecule has 0 saturated carbocycles. The van der Waals surface area contributed by atoms with Gasteiger partial charge in [0.1, 0.15) is 10.6 Å². The zero-order chi connectivity index (χ0) is 18.7. The molecule has 0 aliphatic heterocycles. The maximum atomic E-state index is 13.4. The second kappa shape index (κ2) is 8.27. The summed E-state index contributed by atoms with van der Waals surface area (Å²) in [7, 11) is 1.64. The number of thioether (sulfide) groups is 1. The lowest BCUT2D eigenvalue weighted by Crippen LogP contribution is -2.21. The molecule has 0 saturated heterocycles. The molecule has 0 unspecified atom stereocenters. The highest BCUT2D eigenvalue weighted by atomic mass is 32.2. The smallest absolute Gasteiger partial charge is 0.267 e. The zero-order valence-electron chi connectivity index (χ0n) is 15.7. The summed E-state index contributed by atoms with van der Waals surface area (Å²) in [6, 6.07) is 7.59. The molecule has 3 rings (SSSR count). The Bertz CT molecular complexity index is 959. The van der Waals surface area contributed by atoms with Crippen LogP contribution in [0, 0.1) is 6.92 Å². The van der Waals surface area contributed by atoms with Crippen LogP contribution in [-0.4, -0.2) is 22.4 Å². The lowest BCUT2D eigenvalue weighted by atomic mass is 10.1. The lowest BCUT2D eigenvalue weighted by molar-refractivity contribution is 0.414. The molecular formula is C20H24N2O2S2. The van der Waals surface area contributed by atoms with Crippen molar-refractivity contribution < 1.29 is 4.74 Å². The van der Waals surface area contributed by atoms with Crippen molar-refractivity contribution in [1.82, 2.24) is 9.55 Å². The van der Waals surface area contributed by atoms with E-state index in [0.29, 0.717) is 0 Å². The molecular weight excluding hydrogens is 364 g/mol. The van der Waals surface area contributed by atoms with Gasteiger partial charge in [-0.05, 0) is 49.6 Å². The lowest BCUT2D eigenvalue weighted by Gasteiger charge is -2.12. The molecule has 0 aliphatic carbocycles. The van der Waals surface area contributed by atoms with E-state index in [4.69, 9.17) is 9.72 Å². The number of methoxy groups -OCH3 is 1.